The number of carbonyl (C=O) groups is 3. The number of methoxy groups -OCH3 is 1. The Kier molecular flexibility index (Phi) is 6.74. The molecule has 0 aliphatic rings. The molecule has 2 aromatic carbocycles. The maximum absolute atomic E-state index is 12.3. The maximum Gasteiger partial charge on any atom is 0.326 e. The molecule has 1 amide bonds. The van der Waals surface area contributed by atoms with Crippen LogP contribution in [0.2, 0.25) is 5.02 Å². The van der Waals surface area contributed by atoms with E-state index in [-0.39, 0.29) is 12.3 Å². The third-order valence-corrected chi connectivity index (χ3v) is 3.80. The van der Waals surface area contributed by atoms with Crippen molar-refractivity contribution in [2.45, 2.75) is 13.0 Å². The number of ketones is 1. The number of amides is 1. The first-order chi connectivity index (χ1) is 12.4. The average molecular weight is 376 g/mol. The van der Waals surface area contributed by atoms with Crippen LogP contribution in [0.1, 0.15) is 27.6 Å². The Morgan fingerprint density at radius 3 is 2.15 bits per heavy atom. The Hall–Kier alpha value is -2.86. The van der Waals surface area contributed by atoms with E-state index >= 15 is 0 Å². The monoisotopic (exact) mass is 375 g/mol. The molecule has 2 aromatic rings. The summed E-state index contributed by atoms with van der Waals surface area (Å²) in [4.78, 5) is 36.0. The second kappa shape index (κ2) is 9.01. The van der Waals surface area contributed by atoms with Gasteiger partial charge in [0.2, 0.25) is 5.78 Å². The molecule has 0 spiro atoms. The number of halogens is 1. The summed E-state index contributed by atoms with van der Waals surface area (Å²) < 4.78 is 10.1. The van der Waals surface area contributed by atoms with Crippen LogP contribution in [0.25, 0.3) is 0 Å². The number of hydrogen-bond acceptors (Lipinski definition) is 5. The molecule has 26 heavy (non-hydrogen) atoms. The molecule has 7 heteroatoms. The molecule has 0 aliphatic carbocycles. The first-order valence-electron chi connectivity index (χ1n) is 7.82. The van der Waals surface area contributed by atoms with E-state index in [9.17, 15) is 14.4 Å². The number of ether oxygens (including phenoxy) is 2. The van der Waals surface area contributed by atoms with Crippen LogP contribution < -0.4 is 10.1 Å². The Bertz CT molecular complexity index is 787. The van der Waals surface area contributed by atoms with E-state index in [1.165, 1.54) is 14.0 Å². The zero-order valence-electron chi connectivity index (χ0n) is 14.3. The van der Waals surface area contributed by atoms with E-state index in [0.29, 0.717) is 21.9 Å². The van der Waals surface area contributed by atoms with Crippen LogP contribution in [0.5, 0.6) is 5.75 Å². The summed E-state index contributed by atoms with van der Waals surface area (Å²) in [7, 11) is 1.53. The molecule has 0 saturated carbocycles. The fourth-order valence-corrected chi connectivity index (χ4v) is 2.26. The highest BCUT2D eigenvalue weighted by molar-refractivity contribution is 6.30. The average Bonchev–Trinajstić information content (AvgIpc) is 2.66. The van der Waals surface area contributed by atoms with E-state index in [1.807, 2.05) is 0 Å². The summed E-state index contributed by atoms with van der Waals surface area (Å²) in [5, 5.41) is 2.94. The van der Waals surface area contributed by atoms with Gasteiger partial charge in [0.15, 0.2) is 6.10 Å². The third kappa shape index (κ3) is 5.32. The Balaban J connectivity index is 1.85. The highest BCUT2D eigenvalue weighted by atomic mass is 35.5. The van der Waals surface area contributed by atoms with Crippen molar-refractivity contribution in [3.63, 3.8) is 0 Å². The van der Waals surface area contributed by atoms with Crippen molar-refractivity contribution >= 4 is 29.3 Å². The van der Waals surface area contributed by atoms with Crippen molar-refractivity contribution in [1.29, 1.82) is 0 Å². The van der Waals surface area contributed by atoms with Gasteiger partial charge in [0.05, 0.1) is 7.11 Å². The summed E-state index contributed by atoms with van der Waals surface area (Å²) in [6.45, 7) is 1.13. The minimum atomic E-state index is -0.969. The molecule has 0 bridgehead atoms. The number of esters is 1. The van der Waals surface area contributed by atoms with Crippen LogP contribution in [0, 0.1) is 0 Å². The van der Waals surface area contributed by atoms with Gasteiger partial charge >= 0.3 is 5.97 Å². The standard InChI is InChI=1S/C19H18ClNO5/c1-12(18(23)13-5-9-16(25-2)10-6-13)26-17(22)11-21-19(24)14-3-7-15(20)8-4-14/h3-10,12H,11H2,1-2H3,(H,21,24)/t12-/m1/s1. The van der Waals surface area contributed by atoms with Crippen LogP contribution in [-0.2, 0) is 9.53 Å². The molecule has 0 fully saturated rings. The van der Waals surface area contributed by atoms with E-state index < -0.39 is 18.0 Å². The number of carbonyl (C=O) groups excluding carboxylic acids is 3. The normalized spacial score (nSPS) is 11.3. The lowest BCUT2D eigenvalue weighted by molar-refractivity contribution is -0.145. The van der Waals surface area contributed by atoms with Gasteiger partial charge in [-0.15, -0.1) is 0 Å². The molecule has 136 valence electrons. The minimum Gasteiger partial charge on any atom is -0.497 e. The van der Waals surface area contributed by atoms with Gasteiger partial charge in [-0.1, -0.05) is 11.6 Å². The SMILES string of the molecule is COc1ccc(C(=O)[C@@H](C)OC(=O)CNC(=O)c2ccc(Cl)cc2)cc1. The molecule has 1 atom stereocenters. The quantitative estimate of drug-likeness (QED) is 0.594. The van der Waals surface area contributed by atoms with Crippen LogP contribution in [0.3, 0.4) is 0 Å². The van der Waals surface area contributed by atoms with Gasteiger partial charge in [-0.2, -0.15) is 0 Å². The first kappa shape index (κ1) is 19.5. The van der Waals surface area contributed by atoms with Gasteiger partial charge in [0.25, 0.3) is 5.91 Å². The first-order valence-corrected chi connectivity index (χ1v) is 8.20. The molecule has 0 aromatic heterocycles. The smallest absolute Gasteiger partial charge is 0.326 e. The summed E-state index contributed by atoms with van der Waals surface area (Å²) in [6.07, 6.45) is -0.969. The van der Waals surface area contributed by atoms with Gasteiger partial charge in [0, 0.05) is 16.1 Å². The predicted octanol–water partition coefficient (Wildman–Crippen LogP) is 2.89. The van der Waals surface area contributed by atoms with Crippen LogP contribution in [0.4, 0.5) is 0 Å². The Labute approximate surface area is 156 Å². The summed E-state index contributed by atoms with van der Waals surface area (Å²) in [6, 6.07) is 12.7. The van der Waals surface area contributed by atoms with Crippen molar-refractivity contribution in [3.8, 4) is 5.75 Å². The van der Waals surface area contributed by atoms with E-state index in [1.54, 1.807) is 48.5 Å². The molecule has 0 radical (unpaired) electrons. The number of Topliss-reactive ketones (excluding diaryl/α,β-unsaturated/α-hetero) is 1. The van der Waals surface area contributed by atoms with Gasteiger partial charge in [-0.05, 0) is 55.5 Å². The maximum atomic E-state index is 12.3. The zero-order valence-corrected chi connectivity index (χ0v) is 15.1. The second-order valence-electron chi connectivity index (χ2n) is 5.41. The lowest BCUT2D eigenvalue weighted by atomic mass is 10.1. The molecule has 2 rings (SSSR count). The Morgan fingerprint density at radius 2 is 1.58 bits per heavy atom. The molecule has 0 unspecified atom stereocenters. The summed E-state index contributed by atoms with van der Waals surface area (Å²) >= 11 is 5.75. The molecular weight excluding hydrogens is 358 g/mol. The van der Waals surface area contributed by atoms with Crippen LogP contribution in [0.15, 0.2) is 48.5 Å². The van der Waals surface area contributed by atoms with Crippen molar-refractivity contribution in [3.05, 3.63) is 64.7 Å². The van der Waals surface area contributed by atoms with Crippen LogP contribution >= 0.6 is 11.6 Å². The van der Waals surface area contributed by atoms with Gasteiger partial charge in [0.1, 0.15) is 12.3 Å². The van der Waals surface area contributed by atoms with E-state index in [2.05, 4.69) is 5.32 Å². The molecule has 1 N–H and O–H groups in total. The molecule has 6 nitrogen and oxygen atoms in total. The fourth-order valence-electron chi connectivity index (χ4n) is 2.14. The minimum absolute atomic E-state index is 0.343. The highest BCUT2D eigenvalue weighted by Crippen LogP contribution is 2.14. The number of rotatable bonds is 7. The number of benzene rings is 2. The summed E-state index contributed by atoms with van der Waals surface area (Å²) in [5.74, 6) is -0.865. The van der Waals surface area contributed by atoms with Crippen molar-refractivity contribution in [2.75, 3.05) is 13.7 Å². The Morgan fingerprint density at radius 1 is 1.00 bits per heavy atom. The van der Waals surface area contributed by atoms with E-state index in [0.717, 1.165) is 0 Å². The molecule has 0 saturated heterocycles. The topological polar surface area (TPSA) is 81.7 Å². The lowest BCUT2D eigenvalue weighted by Crippen LogP contribution is -2.34. The van der Waals surface area contributed by atoms with Gasteiger partial charge in [-0.25, -0.2) is 0 Å². The number of hydrogen-bond donors (Lipinski definition) is 1. The van der Waals surface area contributed by atoms with Crippen molar-refractivity contribution in [1.82, 2.24) is 5.32 Å². The van der Waals surface area contributed by atoms with Gasteiger partial charge in [-0.3, -0.25) is 14.4 Å². The number of nitrogens with one attached hydrogen (secondary N) is 1. The predicted molar refractivity (Wildman–Crippen MR) is 96.7 cm³/mol. The van der Waals surface area contributed by atoms with Crippen molar-refractivity contribution in [2.24, 2.45) is 0 Å². The highest BCUT2D eigenvalue weighted by Gasteiger charge is 2.20. The second-order valence-corrected chi connectivity index (χ2v) is 5.85. The zero-order chi connectivity index (χ0) is 19.1. The largest absolute Gasteiger partial charge is 0.497 e. The molecular formula is C19H18ClNO5. The third-order valence-electron chi connectivity index (χ3n) is 3.55. The van der Waals surface area contributed by atoms with Crippen molar-refractivity contribution < 1.29 is 23.9 Å². The lowest BCUT2D eigenvalue weighted by Gasteiger charge is -2.13. The molecule has 0 heterocycles. The van der Waals surface area contributed by atoms with Gasteiger partial charge < -0.3 is 14.8 Å². The summed E-state index contributed by atoms with van der Waals surface area (Å²) in [5.41, 5.74) is 0.765. The molecule has 0 aliphatic heterocycles. The van der Waals surface area contributed by atoms with E-state index in [4.69, 9.17) is 21.1 Å². The fraction of sp³-hybridized carbons (Fsp3) is 0.211. The van der Waals surface area contributed by atoms with Crippen LogP contribution in [-0.4, -0.2) is 37.4 Å².